The number of aliphatic hydroxyl groups excluding tert-OH is 1. The molecular formula is C22H23N9O. The Morgan fingerprint density at radius 2 is 1.81 bits per heavy atom. The van der Waals surface area contributed by atoms with Gasteiger partial charge in [0, 0.05) is 61.9 Å². The first-order valence-corrected chi connectivity index (χ1v) is 10.3. The third-order valence-corrected chi connectivity index (χ3v) is 5.42. The first kappa shape index (κ1) is 19.9. The number of pyridine rings is 1. The number of aryl methyl sites for hydroxylation is 1. The number of hydrogen-bond acceptors (Lipinski definition) is 9. The highest BCUT2D eigenvalue weighted by molar-refractivity contribution is 5.66. The van der Waals surface area contributed by atoms with E-state index in [0.717, 1.165) is 41.4 Å². The second-order valence-corrected chi connectivity index (χ2v) is 7.74. The van der Waals surface area contributed by atoms with E-state index in [9.17, 15) is 5.11 Å². The van der Waals surface area contributed by atoms with Gasteiger partial charge in [-0.25, -0.2) is 19.6 Å². The zero-order valence-electron chi connectivity index (χ0n) is 17.5. The lowest BCUT2D eigenvalue weighted by Gasteiger charge is -2.39. The molecule has 0 aliphatic carbocycles. The molecule has 32 heavy (non-hydrogen) atoms. The Bertz CT molecular complexity index is 1220. The van der Waals surface area contributed by atoms with Crippen LogP contribution in [-0.2, 0) is 7.05 Å². The van der Waals surface area contributed by atoms with Gasteiger partial charge in [-0.05, 0) is 30.3 Å². The normalized spacial score (nSPS) is 13.8. The molecule has 4 heterocycles. The topological polar surface area (TPSA) is 131 Å². The largest absolute Gasteiger partial charge is 0.396 e. The average Bonchev–Trinajstić information content (AvgIpc) is 3.14. The molecule has 1 aliphatic rings. The van der Waals surface area contributed by atoms with Gasteiger partial charge >= 0.3 is 0 Å². The Kier molecular flexibility index (Phi) is 5.12. The van der Waals surface area contributed by atoms with E-state index in [-0.39, 0.29) is 12.6 Å². The first-order chi connectivity index (χ1) is 15.6. The van der Waals surface area contributed by atoms with Crippen molar-refractivity contribution in [1.82, 2.24) is 29.7 Å². The fraction of sp³-hybridized carbons (Fsp3) is 0.227. The highest BCUT2D eigenvalue weighted by Gasteiger charge is 2.26. The summed E-state index contributed by atoms with van der Waals surface area (Å²) in [6.45, 7) is 1.89. The molecule has 1 saturated heterocycles. The van der Waals surface area contributed by atoms with E-state index < -0.39 is 0 Å². The number of anilines is 4. The molecule has 10 nitrogen and oxygen atoms in total. The van der Waals surface area contributed by atoms with Crippen LogP contribution >= 0.6 is 0 Å². The SMILES string of the molecule is Cn1nc(-c2ccc(N3CC(CO)C3)nc2)nc1Nc1ccc(-c2ccnc(N)n2)cc1. The Labute approximate surface area is 184 Å². The number of aliphatic hydroxyl groups is 1. The smallest absolute Gasteiger partial charge is 0.225 e. The summed E-state index contributed by atoms with van der Waals surface area (Å²) in [7, 11) is 1.84. The van der Waals surface area contributed by atoms with Crippen molar-refractivity contribution >= 4 is 23.4 Å². The van der Waals surface area contributed by atoms with Crippen molar-refractivity contribution in [3.05, 3.63) is 54.9 Å². The van der Waals surface area contributed by atoms with Crippen molar-refractivity contribution < 1.29 is 5.11 Å². The van der Waals surface area contributed by atoms with E-state index in [1.165, 1.54) is 0 Å². The van der Waals surface area contributed by atoms with Crippen molar-refractivity contribution in [1.29, 1.82) is 0 Å². The minimum atomic E-state index is 0.222. The fourth-order valence-electron chi connectivity index (χ4n) is 3.58. The van der Waals surface area contributed by atoms with Crippen molar-refractivity contribution in [3.8, 4) is 22.6 Å². The summed E-state index contributed by atoms with van der Waals surface area (Å²) in [5.41, 5.74) is 9.10. The van der Waals surface area contributed by atoms with Crippen molar-refractivity contribution in [2.24, 2.45) is 13.0 Å². The van der Waals surface area contributed by atoms with Gasteiger partial charge in [-0.1, -0.05) is 12.1 Å². The molecule has 0 amide bonds. The number of nitrogens with zero attached hydrogens (tertiary/aromatic N) is 7. The second kappa shape index (κ2) is 8.23. The predicted molar refractivity (Wildman–Crippen MR) is 122 cm³/mol. The standard InChI is InChI=1S/C22H23N9O/c1-30-22(26-17-5-2-15(3-6-17)18-8-9-24-21(23)27-18)28-20(29-30)16-4-7-19(25-10-16)31-11-14(12-31)13-32/h2-10,14,32H,11-13H2,1H3,(H2,23,24,27)(H,26,28,29). The lowest BCUT2D eigenvalue weighted by molar-refractivity contribution is 0.200. The van der Waals surface area contributed by atoms with Gasteiger partial charge in [0.05, 0.1) is 5.69 Å². The Morgan fingerprint density at radius 3 is 2.50 bits per heavy atom. The highest BCUT2D eigenvalue weighted by atomic mass is 16.3. The van der Waals surface area contributed by atoms with E-state index in [1.807, 2.05) is 49.5 Å². The molecule has 3 aromatic heterocycles. The highest BCUT2D eigenvalue weighted by Crippen LogP contribution is 2.26. The lowest BCUT2D eigenvalue weighted by atomic mass is 10.0. The zero-order valence-corrected chi connectivity index (χ0v) is 17.5. The van der Waals surface area contributed by atoms with Crippen LogP contribution in [-0.4, -0.2) is 54.5 Å². The molecule has 0 unspecified atom stereocenters. The molecule has 4 N–H and O–H groups in total. The molecule has 0 spiro atoms. The van der Waals surface area contributed by atoms with Crippen LogP contribution in [0.1, 0.15) is 0 Å². The Morgan fingerprint density at radius 1 is 1.03 bits per heavy atom. The summed E-state index contributed by atoms with van der Waals surface area (Å²) in [6.07, 6.45) is 3.42. The molecular weight excluding hydrogens is 406 g/mol. The van der Waals surface area contributed by atoms with E-state index in [1.54, 1.807) is 17.1 Å². The molecule has 1 aliphatic heterocycles. The number of aromatic nitrogens is 6. The van der Waals surface area contributed by atoms with Gasteiger partial charge < -0.3 is 21.1 Å². The maximum absolute atomic E-state index is 9.17. The van der Waals surface area contributed by atoms with E-state index >= 15 is 0 Å². The number of benzene rings is 1. The molecule has 1 fully saturated rings. The van der Waals surface area contributed by atoms with E-state index in [2.05, 4.69) is 35.3 Å². The van der Waals surface area contributed by atoms with Crippen LogP contribution in [0.4, 0.5) is 23.4 Å². The summed E-state index contributed by atoms with van der Waals surface area (Å²) in [5, 5.41) is 17.0. The quantitative estimate of drug-likeness (QED) is 0.421. The van der Waals surface area contributed by atoms with Crippen LogP contribution in [0.25, 0.3) is 22.6 Å². The van der Waals surface area contributed by atoms with Gasteiger partial charge in [0.1, 0.15) is 5.82 Å². The molecule has 5 rings (SSSR count). The van der Waals surface area contributed by atoms with Crippen molar-refractivity contribution in [2.75, 3.05) is 35.6 Å². The summed E-state index contributed by atoms with van der Waals surface area (Å²) >= 11 is 0. The number of nitrogen functional groups attached to an aromatic ring is 1. The van der Waals surface area contributed by atoms with Crippen LogP contribution in [0.5, 0.6) is 0 Å². The molecule has 0 saturated carbocycles. The van der Waals surface area contributed by atoms with Crippen LogP contribution < -0.4 is 16.0 Å². The monoisotopic (exact) mass is 429 g/mol. The van der Waals surface area contributed by atoms with Gasteiger partial charge in [0.25, 0.3) is 0 Å². The van der Waals surface area contributed by atoms with Gasteiger partial charge in [-0.15, -0.1) is 5.10 Å². The first-order valence-electron chi connectivity index (χ1n) is 10.3. The molecule has 0 radical (unpaired) electrons. The molecule has 1 aromatic carbocycles. The van der Waals surface area contributed by atoms with Gasteiger partial charge in [-0.3, -0.25) is 0 Å². The van der Waals surface area contributed by atoms with Gasteiger partial charge in [0.2, 0.25) is 11.9 Å². The number of nitrogens with two attached hydrogens (primary N) is 1. The number of hydrogen-bond donors (Lipinski definition) is 3. The van der Waals surface area contributed by atoms with Crippen LogP contribution in [0.3, 0.4) is 0 Å². The van der Waals surface area contributed by atoms with E-state index in [0.29, 0.717) is 17.7 Å². The molecule has 10 heteroatoms. The number of rotatable bonds is 6. The Hall–Kier alpha value is -4.05. The molecule has 162 valence electrons. The summed E-state index contributed by atoms with van der Waals surface area (Å²) in [6, 6.07) is 13.6. The molecule has 4 aromatic rings. The van der Waals surface area contributed by atoms with Crippen molar-refractivity contribution in [2.45, 2.75) is 0 Å². The number of nitrogens with one attached hydrogen (secondary N) is 1. The molecule has 0 bridgehead atoms. The van der Waals surface area contributed by atoms with Gasteiger partial charge in [0.15, 0.2) is 5.82 Å². The van der Waals surface area contributed by atoms with Crippen molar-refractivity contribution in [3.63, 3.8) is 0 Å². The third kappa shape index (κ3) is 3.95. The average molecular weight is 429 g/mol. The maximum atomic E-state index is 9.17. The van der Waals surface area contributed by atoms with Gasteiger partial charge in [-0.2, -0.15) is 4.98 Å². The minimum Gasteiger partial charge on any atom is -0.396 e. The van der Waals surface area contributed by atoms with E-state index in [4.69, 9.17) is 5.73 Å². The minimum absolute atomic E-state index is 0.222. The zero-order chi connectivity index (χ0) is 22.1. The summed E-state index contributed by atoms with van der Waals surface area (Å²) < 4.78 is 1.70. The Balaban J connectivity index is 1.28. The third-order valence-electron chi connectivity index (χ3n) is 5.42. The van der Waals surface area contributed by atoms with Crippen LogP contribution in [0, 0.1) is 5.92 Å². The molecule has 0 atom stereocenters. The second-order valence-electron chi connectivity index (χ2n) is 7.74. The van der Waals surface area contributed by atoms with Crippen LogP contribution in [0.15, 0.2) is 54.9 Å². The predicted octanol–water partition coefficient (Wildman–Crippen LogP) is 2.09. The fourth-order valence-corrected chi connectivity index (χ4v) is 3.58. The summed E-state index contributed by atoms with van der Waals surface area (Å²) in [5.74, 6) is 2.71. The lowest BCUT2D eigenvalue weighted by Crippen LogP contribution is -2.48. The maximum Gasteiger partial charge on any atom is 0.225 e. The van der Waals surface area contributed by atoms with Crippen LogP contribution in [0.2, 0.25) is 0 Å². The summed E-state index contributed by atoms with van der Waals surface area (Å²) in [4.78, 5) is 19.5.